The quantitative estimate of drug-likeness (QED) is 0.928. The Bertz CT molecular complexity index is 486. The van der Waals surface area contributed by atoms with Crippen LogP contribution in [-0.4, -0.2) is 21.3 Å². The largest absolute Gasteiger partial charge is 0.304 e. The number of nitrogens with zero attached hydrogens (tertiary/aromatic N) is 3. The lowest BCUT2D eigenvalue weighted by atomic mass is 10.1. The molecule has 2 heterocycles. The number of halogens is 1. The first-order valence-corrected chi connectivity index (χ1v) is 6.72. The van der Waals surface area contributed by atoms with Crippen molar-refractivity contribution in [3.05, 3.63) is 33.0 Å². The molecule has 0 aliphatic carbocycles. The first-order chi connectivity index (χ1) is 8.13. The molecular weight excluding hydrogens is 256 g/mol. The van der Waals surface area contributed by atoms with Gasteiger partial charge in [-0.3, -0.25) is 4.68 Å². The lowest BCUT2D eigenvalue weighted by molar-refractivity contribution is 0.563. The van der Waals surface area contributed by atoms with Gasteiger partial charge in [-0.2, -0.15) is 5.10 Å². The lowest BCUT2D eigenvalue weighted by Crippen LogP contribution is -2.24. The molecule has 0 aliphatic heterocycles. The number of nitrogens with one attached hydrogen (secondary N) is 1. The van der Waals surface area contributed by atoms with E-state index in [0.29, 0.717) is 5.02 Å². The third kappa shape index (κ3) is 2.51. The minimum Gasteiger partial charge on any atom is -0.304 e. The second-order valence-corrected chi connectivity index (χ2v) is 5.25. The van der Waals surface area contributed by atoms with Crippen LogP contribution in [0.4, 0.5) is 0 Å². The fourth-order valence-electron chi connectivity index (χ4n) is 1.80. The Morgan fingerprint density at radius 2 is 2.35 bits per heavy atom. The molecule has 1 unspecified atom stereocenters. The van der Waals surface area contributed by atoms with E-state index in [4.69, 9.17) is 11.6 Å². The van der Waals surface area contributed by atoms with Gasteiger partial charge in [-0.05, 0) is 13.5 Å². The van der Waals surface area contributed by atoms with Crippen LogP contribution in [0.3, 0.4) is 0 Å². The molecule has 0 radical (unpaired) electrons. The van der Waals surface area contributed by atoms with E-state index in [2.05, 4.69) is 27.7 Å². The average molecular weight is 271 g/mol. The highest BCUT2D eigenvalue weighted by Gasteiger charge is 2.22. The molecular formula is C11H15ClN4S. The summed E-state index contributed by atoms with van der Waals surface area (Å²) in [4.78, 5) is 4.52. The van der Waals surface area contributed by atoms with Crippen molar-refractivity contribution in [3.63, 3.8) is 0 Å². The van der Waals surface area contributed by atoms with Crippen LogP contribution in [0.2, 0.25) is 5.02 Å². The average Bonchev–Trinajstić information content (AvgIpc) is 2.84. The SMILES string of the molecule is CCNC(c1csc(C)n1)c1c(Cl)cnn1C. The van der Waals surface area contributed by atoms with Gasteiger partial charge in [-0.25, -0.2) is 4.98 Å². The van der Waals surface area contributed by atoms with Crippen molar-refractivity contribution >= 4 is 22.9 Å². The number of hydrogen-bond donors (Lipinski definition) is 1. The number of aromatic nitrogens is 3. The van der Waals surface area contributed by atoms with Crippen molar-refractivity contribution in [2.75, 3.05) is 6.54 Å². The lowest BCUT2D eigenvalue weighted by Gasteiger charge is -2.16. The summed E-state index contributed by atoms with van der Waals surface area (Å²) in [6.07, 6.45) is 1.67. The molecule has 2 rings (SSSR count). The minimum atomic E-state index is 0.00458. The summed E-state index contributed by atoms with van der Waals surface area (Å²) < 4.78 is 1.80. The van der Waals surface area contributed by atoms with Gasteiger partial charge in [0.15, 0.2) is 0 Å². The maximum Gasteiger partial charge on any atom is 0.0945 e. The van der Waals surface area contributed by atoms with Gasteiger partial charge in [0.2, 0.25) is 0 Å². The predicted molar refractivity (Wildman–Crippen MR) is 70.6 cm³/mol. The van der Waals surface area contributed by atoms with E-state index in [1.54, 1.807) is 22.2 Å². The molecule has 92 valence electrons. The van der Waals surface area contributed by atoms with E-state index in [1.165, 1.54) is 0 Å². The maximum atomic E-state index is 6.18. The van der Waals surface area contributed by atoms with Gasteiger partial charge in [0.25, 0.3) is 0 Å². The molecule has 17 heavy (non-hydrogen) atoms. The fraction of sp³-hybridized carbons (Fsp3) is 0.455. The third-order valence-corrected chi connectivity index (χ3v) is 3.63. The molecule has 0 saturated heterocycles. The van der Waals surface area contributed by atoms with Gasteiger partial charge in [-0.15, -0.1) is 11.3 Å². The Kier molecular flexibility index (Phi) is 3.81. The molecule has 0 aliphatic rings. The summed E-state index contributed by atoms with van der Waals surface area (Å²) in [5.74, 6) is 0. The van der Waals surface area contributed by atoms with Crippen molar-refractivity contribution in [1.29, 1.82) is 0 Å². The summed E-state index contributed by atoms with van der Waals surface area (Å²) in [5, 5.41) is 11.4. The van der Waals surface area contributed by atoms with E-state index in [9.17, 15) is 0 Å². The van der Waals surface area contributed by atoms with E-state index >= 15 is 0 Å². The normalized spacial score (nSPS) is 12.9. The number of rotatable bonds is 4. The summed E-state index contributed by atoms with van der Waals surface area (Å²) in [5.41, 5.74) is 1.96. The van der Waals surface area contributed by atoms with Crippen LogP contribution in [0.1, 0.15) is 29.4 Å². The van der Waals surface area contributed by atoms with Crippen LogP contribution in [0.25, 0.3) is 0 Å². The minimum absolute atomic E-state index is 0.00458. The van der Waals surface area contributed by atoms with Gasteiger partial charge in [0, 0.05) is 12.4 Å². The van der Waals surface area contributed by atoms with Crippen LogP contribution in [0, 0.1) is 6.92 Å². The second kappa shape index (κ2) is 5.16. The molecule has 0 aromatic carbocycles. The zero-order valence-corrected chi connectivity index (χ0v) is 11.6. The third-order valence-electron chi connectivity index (χ3n) is 2.55. The smallest absolute Gasteiger partial charge is 0.0945 e. The van der Waals surface area contributed by atoms with Crippen molar-refractivity contribution in [1.82, 2.24) is 20.1 Å². The summed E-state index contributed by atoms with van der Waals surface area (Å²) in [6.45, 7) is 4.92. The number of aryl methyl sites for hydroxylation is 2. The van der Waals surface area contributed by atoms with Gasteiger partial charge in [0.1, 0.15) is 0 Å². The summed E-state index contributed by atoms with van der Waals surface area (Å²) in [6, 6.07) is 0.00458. The molecule has 0 amide bonds. The van der Waals surface area contributed by atoms with Crippen LogP contribution < -0.4 is 5.32 Å². The Morgan fingerprint density at radius 1 is 1.59 bits per heavy atom. The van der Waals surface area contributed by atoms with Crippen molar-refractivity contribution in [3.8, 4) is 0 Å². The Balaban J connectivity index is 2.42. The van der Waals surface area contributed by atoms with Gasteiger partial charge < -0.3 is 5.32 Å². The van der Waals surface area contributed by atoms with Crippen LogP contribution in [0.15, 0.2) is 11.6 Å². The summed E-state index contributed by atoms with van der Waals surface area (Å²) >= 11 is 7.83. The molecule has 2 aromatic heterocycles. The van der Waals surface area contributed by atoms with Crippen LogP contribution in [0.5, 0.6) is 0 Å². The second-order valence-electron chi connectivity index (χ2n) is 3.78. The molecule has 0 spiro atoms. The molecule has 0 saturated carbocycles. The monoisotopic (exact) mass is 270 g/mol. The Labute approximate surface area is 110 Å². The predicted octanol–water partition coefficient (Wildman–Crippen LogP) is 2.54. The van der Waals surface area contributed by atoms with E-state index < -0.39 is 0 Å². The van der Waals surface area contributed by atoms with E-state index in [-0.39, 0.29) is 6.04 Å². The molecule has 0 bridgehead atoms. The molecule has 6 heteroatoms. The fourth-order valence-corrected chi connectivity index (χ4v) is 2.72. The zero-order valence-electron chi connectivity index (χ0n) is 10.1. The van der Waals surface area contributed by atoms with Gasteiger partial charge >= 0.3 is 0 Å². The molecule has 1 atom stereocenters. The highest BCUT2D eigenvalue weighted by molar-refractivity contribution is 7.09. The van der Waals surface area contributed by atoms with Crippen molar-refractivity contribution in [2.24, 2.45) is 7.05 Å². The van der Waals surface area contributed by atoms with Gasteiger partial charge in [-0.1, -0.05) is 18.5 Å². The standard InChI is InChI=1S/C11H15ClN4S/c1-4-13-10(9-6-17-7(2)15-9)11-8(12)5-14-16(11)3/h5-6,10,13H,4H2,1-3H3. The Morgan fingerprint density at radius 3 is 2.82 bits per heavy atom. The molecule has 1 N–H and O–H groups in total. The highest BCUT2D eigenvalue weighted by atomic mass is 35.5. The molecule has 2 aromatic rings. The highest BCUT2D eigenvalue weighted by Crippen LogP contribution is 2.28. The first kappa shape index (κ1) is 12.5. The Hall–Kier alpha value is -0.910. The van der Waals surface area contributed by atoms with Crippen LogP contribution in [-0.2, 0) is 7.05 Å². The van der Waals surface area contributed by atoms with Gasteiger partial charge in [0.05, 0.1) is 33.7 Å². The van der Waals surface area contributed by atoms with Crippen molar-refractivity contribution in [2.45, 2.75) is 19.9 Å². The maximum absolute atomic E-state index is 6.18. The van der Waals surface area contributed by atoms with E-state index in [1.807, 2.05) is 14.0 Å². The van der Waals surface area contributed by atoms with Crippen LogP contribution >= 0.6 is 22.9 Å². The molecule has 4 nitrogen and oxygen atoms in total. The zero-order chi connectivity index (χ0) is 12.4. The summed E-state index contributed by atoms with van der Waals surface area (Å²) in [7, 11) is 1.89. The number of thiazole rings is 1. The molecule has 0 fully saturated rings. The van der Waals surface area contributed by atoms with E-state index in [0.717, 1.165) is 22.9 Å². The number of hydrogen-bond acceptors (Lipinski definition) is 4. The topological polar surface area (TPSA) is 42.7 Å². The van der Waals surface area contributed by atoms with Crippen molar-refractivity contribution < 1.29 is 0 Å². The first-order valence-electron chi connectivity index (χ1n) is 5.46.